The fourth-order valence-electron chi connectivity index (χ4n) is 2.33. The number of nitrogen functional groups attached to an aromatic ring is 1. The first-order valence-electron chi connectivity index (χ1n) is 6.44. The molecule has 0 aromatic heterocycles. The third-order valence-corrected chi connectivity index (χ3v) is 3.63. The SMILES string of the molecule is Cc1cc(N)ccc1C(=O)NC1(CO)CCOCC1. The lowest BCUT2D eigenvalue weighted by Gasteiger charge is -2.36. The number of aryl methyl sites for hydroxylation is 1. The van der Waals surface area contributed by atoms with Gasteiger partial charge in [-0.05, 0) is 43.5 Å². The highest BCUT2D eigenvalue weighted by molar-refractivity contribution is 5.96. The Bertz CT molecular complexity index is 468. The minimum atomic E-state index is -0.566. The standard InChI is InChI=1S/C14H20N2O3/c1-10-8-11(15)2-3-12(10)13(18)16-14(9-17)4-6-19-7-5-14/h2-3,8,17H,4-7,9,15H2,1H3,(H,16,18). The molecule has 0 bridgehead atoms. The Morgan fingerprint density at radius 3 is 2.74 bits per heavy atom. The van der Waals surface area contributed by atoms with Crippen molar-refractivity contribution in [3.05, 3.63) is 29.3 Å². The average Bonchev–Trinajstić information content (AvgIpc) is 2.39. The van der Waals surface area contributed by atoms with Gasteiger partial charge in [-0.2, -0.15) is 0 Å². The molecule has 0 saturated carbocycles. The van der Waals surface area contributed by atoms with E-state index in [-0.39, 0.29) is 12.5 Å². The number of carbonyl (C=O) groups excluding carboxylic acids is 1. The van der Waals surface area contributed by atoms with Crippen molar-refractivity contribution in [1.82, 2.24) is 5.32 Å². The van der Waals surface area contributed by atoms with Crippen molar-refractivity contribution in [3.63, 3.8) is 0 Å². The lowest BCUT2D eigenvalue weighted by Crippen LogP contribution is -2.54. The van der Waals surface area contributed by atoms with Gasteiger partial charge in [0.1, 0.15) is 0 Å². The molecule has 1 aromatic carbocycles. The largest absolute Gasteiger partial charge is 0.399 e. The number of anilines is 1. The zero-order valence-electron chi connectivity index (χ0n) is 11.1. The molecule has 1 aliphatic rings. The smallest absolute Gasteiger partial charge is 0.252 e. The highest BCUT2D eigenvalue weighted by atomic mass is 16.5. The third kappa shape index (κ3) is 3.05. The summed E-state index contributed by atoms with van der Waals surface area (Å²) in [6, 6.07) is 5.19. The van der Waals surface area contributed by atoms with Crippen LogP contribution in [0.4, 0.5) is 5.69 Å². The predicted molar refractivity (Wildman–Crippen MR) is 72.9 cm³/mol. The van der Waals surface area contributed by atoms with Gasteiger partial charge in [0.2, 0.25) is 0 Å². The maximum absolute atomic E-state index is 12.3. The second kappa shape index (κ2) is 5.59. The van der Waals surface area contributed by atoms with Gasteiger partial charge < -0.3 is 20.9 Å². The number of amides is 1. The molecule has 0 aliphatic carbocycles. The molecule has 1 heterocycles. The van der Waals surface area contributed by atoms with Gasteiger partial charge in [0.15, 0.2) is 0 Å². The number of nitrogens with two attached hydrogens (primary N) is 1. The Balaban J connectivity index is 2.15. The minimum absolute atomic E-state index is 0.0733. The molecule has 1 fully saturated rings. The molecule has 5 heteroatoms. The van der Waals surface area contributed by atoms with Gasteiger partial charge in [-0.3, -0.25) is 4.79 Å². The molecule has 1 amide bonds. The van der Waals surface area contributed by atoms with E-state index in [4.69, 9.17) is 10.5 Å². The van der Waals surface area contributed by atoms with E-state index in [9.17, 15) is 9.90 Å². The first-order valence-corrected chi connectivity index (χ1v) is 6.44. The van der Waals surface area contributed by atoms with Gasteiger partial charge in [0, 0.05) is 24.5 Å². The Kier molecular flexibility index (Phi) is 4.07. The van der Waals surface area contributed by atoms with E-state index in [0.29, 0.717) is 37.3 Å². The molecule has 0 spiro atoms. The van der Waals surface area contributed by atoms with Crippen LogP contribution in [0.2, 0.25) is 0 Å². The van der Waals surface area contributed by atoms with E-state index in [1.165, 1.54) is 0 Å². The fraction of sp³-hybridized carbons (Fsp3) is 0.500. The Morgan fingerprint density at radius 1 is 1.47 bits per heavy atom. The summed E-state index contributed by atoms with van der Waals surface area (Å²) in [5, 5.41) is 12.5. The summed E-state index contributed by atoms with van der Waals surface area (Å²) < 4.78 is 5.27. The number of ether oxygens (including phenoxy) is 1. The first-order chi connectivity index (χ1) is 9.06. The monoisotopic (exact) mass is 264 g/mol. The highest BCUT2D eigenvalue weighted by Gasteiger charge is 2.33. The van der Waals surface area contributed by atoms with Crippen LogP contribution in [-0.4, -0.2) is 36.4 Å². The zero-order valence-corrected chi connectivity index (χ0v) is 11.1. The number of hydrogen-bond acceptors (Lipinski definition) is 4. The summed E-state index contributed by atoms with van der Waals surface area (Å²) in [5.41, 5.74) is 7.17. The average molecular weight is 264 g/mol. The number of nitrogens with one attached hydrogen (secondary N) is 1. The van der Waals surface area contributed by atoms with Crippen LogP contribution >= 0.6 is 0 Å². The Morgan fingerprint density at radius 2 is 2.16 bits per heavy atom. The second-order valence-electron chi connectivity index (χ2n) is 5.08. The van der Waals surface area contributed by atoms with E-state index in [1.807, 2.05) is 6.92 Å². The van der Waals surface area contributed by atoms with E-state index in [1.54, 1.807) is 18.2 Å². The second-order valence-corrected chi connectivity index (χ2v) is 5.08. The van der Waals surface area contributed by atoms with Crippen LogP contribution in [0.1, 0.15) is 28.8 Å². The summed E-state index contributed by atoms with van der Waals surface area (Å²) in [4.78, 5) is 12.3. The number of aliphatic hydroxyl groups is 1. The molecule has 2 rings (SSSR count). The summed E-state index contributed by atoms with van der Waals surface area (Å²) in [5.74, 6) is -0.173. The van der Waals surface area contributed by atoms with Crippen molar-refractivity contribution in [2.75, 3.05) is 25.6 Å². The fourth-order valence-corrected chi connectivity index (χ4v) is 2.33. The van der Waals surface area contributed by atoms with Crippen molar-refractivity contribution in [3.8, 4) is 0 Å². The van der Waals surface area contributed by atoms with Gasteiger partial charge >= 0.3 is 0 Å². The van der Waals surface area contributed by atoms with Crippen molar-refractivity contribution in [2.24, 2.45) is 0 Å². The van der Waals surface area contributed by atoms with Crippen LogP contribution < -0.4 is 11.1 Å². The molecule has 1 saturated heterocycles. The molecule has 19 heavy (non-hydrogen) atoms. The number of benzene rings is 1. The molecule has 0 atom stereocenters. The number of aliphatic hydroxyl groups excluding tert-OH is 1. The zero-order chi connectivity index (χ0) is 13.9. The number of carbonyl (C=O) groups is 1. The quantitative estimate of drug-likeness (QED) is 0.707. The summed E-state index contributed by atoms with van der Waals surface area (Å²) >= 11 is 0. The van der Waals surface area contributed by atoms with E-state index in [2.05, 4.69) is 5.32 Å². The first kappa shape index (κ1) is 13.8. The molecular weight excluding hydrogens is 244 g/mol. The lowest BCUT2D eigenvalue weighted by atomic mass is 9.90. The van der Waals surface area contributed by atoms with Gasteiger partial charge in [-0.25, -0.2) is 0 Å². The van der Waals surface area contributed by atoms with Crippen LogP contribution in [0.25, 0.3) is 0 Å². The normalized spacial score (nSPS) is 18.0. The van der Waals surface area contributed by atoms with Crippen LogP contribution in [0.5, 0.6) is 0 Å². The molecule has 4 N–H and O–H groups in total. The van der Waals surface area contributed by atoms with Crippen molar-refractivity contribution in [1.29, 1.82) is 0 Å². The number of hydrogen-bond donors (Lipinski definition) is 3. The highest BCUT2D eigenvalue weighted by Crippen LogP contribution is 2.21. The van der Waals surface area contributed by atoms with Crippen LogP contribution in [0.15, 0.2) is 18.2 Å². The predicted octanol–water partition coefficient (Wildman–Crippen LogP) is 0.849. The minimum Gasteiger partial charge on any atom is -0.399 e. The van der Waals surface area contributed by atoms with Crippen molar-refractivity contribution in [2.45, 2.75) is 25.3 Å². The maximum Gasteiger partial charge on any atom is 0.252 e. The van der Waals surface area contributed by atoms with Crippen molar-refractivity contribution < 1.29 is 14.6 Å². The van der Waals surface area contributed by atoms with Gasteiger partial charge in [0.05, 0.1) is 12.1 Å². The third-order valence-electron chi connectivity index (χ3n) is 3.63. The summed E-state index contributed by atoms with van der Waals surface area (Å²) in [6.07, 6.45) is 1.26. The molecule has 0 unspecified atom stereocenters. The maximum atomic E-state index is 12.3. The molecule has 0 radical (unpaired) electrons. The molecule has 1 aliphatic heterocycles. The lowest BCUT2D eigenvalue weighted by molar-refractivity contribution is 0.0125. The van der Waals surface area contributed by atoms with Crippen LogP contribution in [0.3, 0.4) is 0 Å². The molecule has 104 valence electrons. The van der Waals surface area contributed by atoms with E-state index >= 15 is 0 Å². The van der Waals surface area contributed by atoms with Crippen LogP contribution in [0, 0.1) is 6.92 Å². The van der Waals surface area contributed by atoms with Crippen LogP contribution in [-0.2, 0) is 4.74 Å². The van der Waals surface area contributed by atoms with E-state index in [0.717, 1.165) is 5.56 Å². The topological polar surface area (TPSA) is 84.6 Å². The van der Waals surface area contributed by atoms with Gasteiger partial charge in [0.25, 0.3) is 5.91 Å². The van der Waals surface area contributed by atoms with Gasteiger partial charge in [-0.15, -0.1) is 0 Å². The molecular formula is C14H20N2O3. The summed E-state index contributed by atoms with van der Waals surface area (Å²) in [7, 11) is 0. The van der Waals surface area contributed by atoms with Gasteiger partial charge in [-0.1, -0.05) is 0 Å². The van der Waals surface area contributed by atoms with E-state index < -0.39 is 5.54 Å². The molecule has 5 nitrogen and oxygen atoms in total. The van der Waals surface area contributed by atoms with Crippen molar-refractivity contribution >= 4 is 11.6 Å². The summed E-state index contributed by atoms with van der Waals surface area (Å²) in [6.45, 7) is 2.89. The number of rotatable bonds is 3. The Hall–Kier alpha value is -1.59. The Labute approximate surface area is 112 Å². The molecule has 1 aromatic rings.